The van der Waals surface area contributed by atoms with Gasteiger partial charge in [0.05, 0.1) is 17.3 Å². The topological polar surface area (TPSA) is 57.7 Å². The molecule has 7 heteroatoms. The highest BCUT2D eigenvalue weighted by Crippen LogP contribution is 2.28. The van der Waals surface area contributed by atoms with Gasteiger partial charge in [-0.1, -0.05) is 17.7 Å². The Labute approximate surface area is 161 Å². The zero-order chi connectivity index (χ0) is 18.9. The average molecular weight is 397 g/mol. The van der Waals surface area contributed by atoms with Crippen molar-refractivity contribution in [3.05, 3.63) is 28.8 Å². The van der Waals surface area contributed by atoms with Gasteiger partial charge in [-0.05, 0) is 38.3 Å². The SMILES string of the molecule is Cc1cc(C)c(SCC(=O)N2CCN(C3CCS(=O)(=O)C3)CC2)c(C)c1. The third-order valence-electron chi connectivity index (χ3n) is 5.34. The van der Waals surface area contributed by atoms with Crippen LogP contribution in [0.25, 0.3) is 0 Å². The van der Waals surface area contributed by atoms with Crippen molar-refractivity contribution in [2.45, 2.75) is 38.1 Å². The quantitative estimate of drug-likeness (QED) is 0.729. The first-order chi connectivity index (χ1) is 12.2. The van der Waals surface area contributed by atoms with Crippen LogP contribution >= 0.6 is 11.8 Å². The predicted octanol–water partition coefficient (Wildman–Crippen LogP) is 2.04. The summed E-state index contributed by atoms with van der Waals surface area (Å²) in [7, 11) is -2.85. The molecule has 2 aliphatic rings. The summed E-state index contributed by atoms with van der Waals surface area (Å²) < 4.78 is 23.3. The number of piperazine rings is 1. The first kappa shape index (κ1) is 19.7. The van der Waals surface area contributed by atoms with Gasteiger partial charge in [-0.25, -0.2) is 8.42 Å². The number of sulfone groups is 1. The number of rotatable bonds is 4. The Kier molecular flexibility index (Phi) is 5.99. The molecule has 2 heterocycles. The van der Waals surface area contributed by atoms with E-state index in [0.29, 0.717) is 24.6 Å². The van der Waals surface area contributed by atoms with Crippen molar-refractivity contribution < 1.29 is 13.2 Å². The lowest BCUT2D eigenvalue weighted by molar-refractivity contribution is -0.130. The lowest BCUT2D eigenvalue weighted by Gasteiger charge is -2.37. The molecule has 144 valence electrons. The van der Waals surface area contributed by atoms with Gasteiger partial charge in [0.2, 0.25) is 5.91 Å². The standard InChI is InChI=1S/C19H28N2O3S2/c1-14-10-15(2)19(16(3)11-14)25-12-18(22)21-7-5-20(6-8-21)17-4-9-26(23,24)13-17/h10-11,17H,4-9,12-13H2,1-3H3. The lowest BCUT2D eigenvalue weighted by Crippen LogP contribution is -2.52. The summed E-state index contributed by atoms with van der Waals surface area (Å²) in [4.78, 5) is 18.0. The van der Waals surface area contributed by atoms with Crippen LogP contribution in [-0.4, -0.2) is 73.6 Å². The third kappa shape index (κ3) is 4.61. The molecule has 0 radical (unpaired) electrons. The molecule has 1 aromatic carbocycles. The summed E-state index contributed by atoms with van der Waals surface area (Å²) >= 11 is 1.63. The number of amides is 1. The maximum atomic E-state index is 12.6. The van der Waals surface area contributed by atoms with E-state index < -0.39 is 9.84 Å². The number of thioether (sulfide) groups is 1. The van der Waals surface area contributed by atoms with Gasteiger partial charge in [-0.15, -0.1) is 11.8 Å². The van der Waals surface area contributed by atoms with E-state index in [4.69, 9.17) is 0 Å². The molecule has 26 heavy (non-hydrogen) atoms. The summed E-state index contributed by atoms with van der Waals surface area (Å²) in [5, 5.41) is 0. The average Bonchev–Trinajstić information content (AvgIpc) is 2.94. The summed E-state index contributed by atoms with van der Waals surface area (Å²) in [6, 6.07) is 4.46. The maximum absolute atomic E-state index is 12.6. The van der Waals surface area contributed by atoms with Crippen molar-refractivity contribution in [2.75, 3.05) is 43.4 Å². The largest absolute Gasteiger partial charge is 0.339 e. The van der Waals surface area contributed by atoms with Gasteiger partial charge in [0.25, 0.3) is 0 Å². The summed E-state index contributed by atoms with van der Waals surface area (Å²) in [6.07, 6.45) is 0.734. The Morgan fingerprint density at radius 1 is 1.12 bits per heavy atom. The van der Waals surface area contributed by atoms with Crippen LogP contribution in [0.2, 0.25) is 0 Å². The van der Waals surface area contributed by atoms with Crippen LogP contribution < -0.4 is 0 Å². The van der Waals surface area contributed by atoms with E-state index in [2.05, 4.69) is 37.8 Å². The fraction of sp³-hybridized carbons (Fsp3) is 0.632. The monoisotopic (exact) mass is 396 g/mol. The van der Waals surface area contributed by atoms with Crippen molar-refractivity contribution in [2.24, 2.45) is 0 Å². The number of carbonyl (C=O) groups is 1. The summed E-state index contributed by atoms with van der Waals surface area (Å²) in [5.41, 5.74) is 3.71. The Morgan fingerprint density at radius 2 is 1.73 bits per heavy atom. The molecule has 1 aromatic rings. The lowest BCUT2D eigenvalue weighted by atomic mass is 10.1. The van der Waals surface area contributed by atoms with E-state index in [0.717, 1.165) is 19.5 Å². The second-order valence-corrected chi connectivity index (χ2v) is 10.7. The number of hydrogen-bond acceptors (Lipinski definition) is 5. The van der Waals surface area contributed by atoms with Crippen LogP contribution in [0.15, 0.2) is 17.0 Å². The second kappa shape index (κ2) is 7.90. The minimum atomic E-state index is -2.85. The normalized spacial score (nSPS) is 23.3. The molecule has 0 aliphatic carbocycles. The van der Waals surface area contributed by atoms with Gasteiger partial charge in [0.15, 0.2) is 9.84 Å². The fourth-order valence-corrected chi connectivity index (χ4v) is 6.80. The molecule has 0 bridgehead atoms. The van der Waals surface area contributed by atoms with Gasteiger partial charge in [0, 0.05) is 37.1 Å². The Morgan fingerprint density at radius 3 is 2.27 bits per heavy atom. The highest BCUT2D eigenvalue weighted by Gasteiger charge is 2.34. The van der Waals surface area contributed by atoms with Gasteiger partial charge in [-0.3, -0.25) is 9.69 Å². The minimum absolute atomic E-state index is 0.143. The van der Waals surface area contributed by atoms with Gasteiger partial charge >= 0.3 is 0 Å². The van der Waals surface area contributed by atoms with Crippen LogP contribution in [0.5, 0.6) is 0 Å². The van der Waals surface area contributed by atoms with Crippen molar-refractivity contribution in [3.8, 4) is 0 Å². The van der Waals surface area contributed by atoms with Crippen LogP contribution in [0.3, 0.4) is 0 Å². The molecule has 0 aromatic heterocycles. The molecule has 3 rings (SSSR count). The molecule has 2 saturated heterocycles. The molecule has 0 N–H and O–H groups in total. The van der Waals surface area contributed by atoms with Crippen molar-refractivity contribution >= 4 is 27.5 Å². The van der Waals surface area contributed by atoms with Crippen LogP contribution in [0.4, 0.5) is 0 Å². The molecular weight excluding hydrogens is 368 g/mol. The fourth-order valence-electron chi connectivity index (χ4n) is 4.02. The zero-order valence-corrected chi connectivity index (χ0v) is 17.5. The molecule has 1 unspecified atom stereocenters. The van der Waals surface area contributed by atoms with E-state index in [1.807, 2.05) is 4.90 Å². The molecule has 0 spiro atoms. The molecule has 1 atom stereocenters. The van der Waals surface area contributed by atoms with Crippen LogP contribution in [-0.2, 0) is 14.6 Å². The Hall–Kier alpha value is -1.05. The highest BCUT2D eigenvalue weighted by atomic mass is 32.2. The van der Waals surface area contributed by atoms with E-state index >= 15 is 0 Å². The van der Waals surface area contributed by atoms with E-state index in [1.165, 1.54) is 21.6 Å². The minimum Gasteiger partial charge on any atom is -0.339 e. The summed E-state index contributed by atoms with van der Waals surface area (Å²) in [6.45, 7) is 9.24. The van der Waals surface area contributed by atoms with E-state index in [-0.39, 0.29) is 17.7 Å². The van der Waals surface area contributed by atoms with Crippen molar-refractivity contribution in [1.29, 1.82) is 0 Å². The van der Waals surface area contributed by atoms with Crippen LogP contribution in [0.1, 0.15) is 23.1 Å². The molecule has 2 fully saturated rings. The Bertz CT molecular complexity index is 761. The summed E-state index contributed by atoms with van der Waals surface area (Å²) in [5.74, 6) is 1.22. The number of nitrogens with zero attached hydrogens (tertiary/aromatic N) is 2. The predicted molar refractivity (Wildman–Crippen MR) is 107 cm³/mol. The number of aryl methyl sites for hydroxylation is 3. The second-order valence-electron chi connectivity index (χ2n) is 7.49. The first-order valence-corrected chi connectivity index (χ1v) is 12.0. The first-order valence-electron chi connectivity index (χ1n) is 9.18. The van der Waals surface area contributed by atoms with Gasteiger partial charge in [0.1, 0.15) is 0 Å². The number of hydrogen-bond donors (Lipinski definition) is 0. The molecular formula is C19H28N2O3S2. The molecule has 0 saturated carbocycles. The van der Waals surface area contributed by atoms with Crippen molar-refractivity contribution in [1.82, 2.24) is 9.80 Å². The molecule has 1 amide bonds. The van der Waals surface area contributed by atoms with E-state index in [9.17, 15) is 13.2 Å². The smallest absolute Gasteiger partial charge is 0.233 e. The Balaban J connectivity index is 1.50. The maximum Gasteiger partial charge on any atom is 0.233 e. The highest BCUT2D eigenvalue weighted by molar-refractivity contribution is 8.00. The zero-order valence-electron chi connectivity index (χ0n) is 15.8. The molecule has 5 nitrogen and oxygen atoms in total. The van der Waals surface area contributed by atoms with Crippen molar-refractivity contribution in [3.63, 3.8) is 0 Å². The van der Waals surface area contributed by atoms with E-state index in [1.54, 1.807) is 11.8 Å². The number of benzene rings is 1. The number of carbonyl (C=O) groups excluding carboxylic acids is 1. The van der Waals surface area contributed by atoms with Gasteiger partial charge in [-0.2, -0.15) is 0 Å². The molecule has 2 aliphatic heterocycles. The third-order valence-corrected chi connectivity index (χ3v) is 8.41. The van der Waals surface area contributed by atoms with Gasteiger partial charge < -0.3 is 4.90 Å². The van der Waals surface area contributed by atoms with Crippen LogP contribution in [0, 0.1) is 20.8 Å².